The van der Waals surface area contributed by atoms with Crippen molar-refractivity contribution in [3.8, 4) is 0 Å². The second kappa shape index (κ2) is 8.16. The van der Waals surface area contributed by atoms with Gasteiger partial charge in [-0.25, -0.2) is 4.99 Å². The third-order valence-corrected chi connectivity index (χ3v) is 5.39. The van der Waals surface area contributed by atoms with E-state index in [-0.39, 0.29) is 38.2 Å². The van der Waals surface area contributed by atoms with Crippen LogP contribution in [-0.2, 0) is 17.1 Å². The highest BCUT2D eigenvalue weighted by molar-refractivity contribution is 6.21. The zero-order valence-electron chi connectivity index (χ0n) is 16.8. The van der Waals surface area contributed by atoms with Gasteiger partial charge in [-0.05, 0) is 24.3 Å². The van der Waals surface area contributed by atoms with Crippen molar-refractivity contribution in [3.05, 3.63) is 59.2 Å². The number of halogens is 6. The third-order valence-electron chi connectivity index (χ3n) is 5.39. The first-order valence-corrected chi connectivity index (χ1v) is 9.83. The second-order valence-corrected chi connectivity index (χ2v) is 7.58. The summed E-state index contributed by atoms with van der Waals surface area (Å²) in [5, 5.41) is 0. The molecule has 0 bridgehead atoms. The number of benzene rings is 1. The van der Waals surface area contributed by atoms with Gasteiger partial charge in [-0.15, -0.1) is 0 Å². The average Bonchev–Trinajstić information content (AvgIpc) is 2.77. The molecular weight excluding hydrogens is 454 g/mol. The van der Waals surface area contributed by atoms with Crippen molar-refractivity contribution in [2.24, 2.45) is 15.9 Å². The van der Waals surface area contributed by atoms with E-state index in [4.69, 9.17) is 0 Å². The largest absolute Gasteiger partial charge is 0.416 e. The summed E-state index contributed by atoms with van der Waals surface area (Å²) in [6.07, 6.45) is -3.29. The molecule has 1 saturated heterocycles. The maximum atomic E-state index is 13.1. The van der Waals surface area contributed by atoms with Crippen LogP contribution in [0.2, 0.25) is 0 Å². The highest BCUT2D eigenvalue weighted by Crippen LogP contribution is 2.36. The molecule has 174 valence electrons. The third kappa shape index (κ3) is 4.69. The summed E-state index contributed by atoms with van der Waals surface area (Å²) < 4.78 is 78.5. The number of guanidine groups is 1. The van der Waals surface area contributed by atoms with Gasteiger partial charge in [-0.3, -0.25) is 9.59 Å². The van der Waals surface area contributed by atoms with E-state index in [9.17, 15) is 35.9 Å². The number of hydrogen-bond acceptors (Lipinski definition) is 4. The molecule has 1 fully saturated rings. The van der Waals surface area contributed by atoms with E-state index in [2.05, 4.69) is 9.98 Å². The monoisotopic (exact) mass is 470 g/mol. The van der Waals surface area contributed by atoms with Crippen LogP contribution in [0.3, 0.4) is 0 Å². The van der Waals surface area contributed by atoms with Crippen molar-refractivity contribution in [1.82, 2.24) is 9.80 Å². The zero-order valence-corrected chi connectivity index (χ0v) is 16.8. The van der Waals surface area contributed by atoms with Gasteiger partial charge in [0.15, 0.2) is 0 Å². The topological polar surface area (TPSA) is 65.3 Å². The molecule has 2 heterocycles. The van der Waals surface area contributed by atoms with Crippen molar-refractivity contribution in [1.29, 1.82) is 0 Å². The smallest absolute Gasteiger partial charge is 0.337 e. The maximum absolute atomic E-state index is 13.1. The summed E-state index contributed by atoms with van der Waals surface area (Å²) in [4.78, 5) is 36.1. The number of rotatable bonds is 1. The second-order valence-electron chi connectivity index (χ2n) is 7.58. The molecule has 4 rings (SSSR count). The first kappa shape index (κ1) is 22.7. The number of piperazine rings is 1. The summed E-state index contributed by atoms with van der Waals surface area (Å²) in [5.41, 5.74) is -3.27. The van der Waals surface area contributed by atoms with Gasteiger partial charge in [0.2, 0.25) is 5.96 Å². The van der Waals surface area contributed by atoms with Crippen LogP contribution in [-0.4, -0.2) is 59.5 Å². The van der Waals surface area contributed by atoms with E-state index in [1.165, 1.54) is 0 Å². The van der Waals surface area contributed by atoms with E-state index in [0.717, 1.165) is 4.90 Å². The molecule has 0 aromatic heterocycles. The molecule has 0 radical (unpaired) electrons. The molecule has 0 N–H and O–H groups in total. The Labute approximate surface area is 183 Å². The normalized spacial score (nSPS) is 21.0. The van der Waals surface area contributed by atoms with Crippen molar-refractivity contribution < 1.29 is 35.9 Å². The van der Waals surface area contributed by atoms with Gasteiger partial charge in [0.25, 0.3) is 11.8 Å². The van der Waals surface area contributed by atoms with E-state index < -0.39 is 46.8 Å². The predicted octanol–water partition coefficient (Wildman–Crippen LogP) is 3.56. The summed E-state index contributed by atoms with van der Waals surface area (Å²) in [6, 6.07) is 0.819. The molecule has 2 aliphatic heterocycles. The predicted molar refractivity (Wildman–Crippen MR) is 106 cm³/mol. The molecule has 33 heavy (non-hydrogen) atoms. The van der Waals surface area contributed by atoms with Crippen LogP contribution in [0.4, 0.5) is 26.3 Å². The van der Waals surface area contributed by atoms with Crippen molar-refractivity contribution in [2.45, 2.75) is 12.4 Å². The van der Waals surface area contributed by atoms with Crippen molar-refractivity contribution in [3.63, 3.8) is 0 Å². The number of fused-ring (bicyclic) bond motifs is 1. The first-order valence-electron chi connectivity index (χ1n) is 9.83. The van der Waals surface area contributed by atoms with Crippen molar-refractivity contribution in [2.75, 3.05) is 26.2 Å². The lowest BCUT2D eigenvalue weighted by atomic mass is 9.97. The van der Waals surface area contributed by atoms with Crippen molar-refractivity contribution >= 4 is 23.5 Å². The molecule has 6 nitrogen and oxygen atoms in total. The number of alkyl halides is 6. The molecule has 2 amide bonds. The lowest BCUT2D eigenvalue weighted by molar-refractivity contribution is -0.143. The van der Waals surface area contributed by atoms with Gasteiger partial charge in [0, 0.05) is 31.7 Å². The molecule has 12 heteroatoms. The molecule has 1 aliphatic carbocycles. The minimum atomic E-state index is -5.04. The number of nitrogens with zero attached hydrogens (tertiary/aromatic N) is 4. The zero-order chi connectivity index (χ0) is 24.0. The van der Waals surface area contributed by atoms with Gasteiger partial charge in [0.1, 0.15) is 5.92 Å². The minimum Gasteiger partial charge on any atom is -0.337 e. The first-order chi connectivity index (χ1) is 15.4. The summed E-state index contributed by atoms with van der Waals surface area (Å²) in [7, 11) is 0. The average molecular weight is 470 g/mol. The van der Waals surface area contributed by atoms with E-state index in [0.29, 0.717) is 17.8 Å². The summed E-state index contributed by atoms with van der Waals surface area (Å²) in [5.74, 6) is -1.72. The van der Waals surface area contributed by atoms with E-state index in [1.807, 2.05) is 0 Å². The molecule has 1 unspecified atom stereocenters. The van der Waals surface area contributed by atoms with Gasteiger partial charge >= 0.3 is 12.4 Å². The molecule has 3 aliphatic rings. The molecular formula is C21H16F6N4O2. The molecule has 1 atom stereocenters. The Hall–Kier alpha value is -3.44. The molecule has 1 aromatic carbocycles. The van der Waals surface area contributed by atoms with Crippen LogP contribution in [0.15, 0.2) is 52.5 Å². The minimum absolute atomic E-state index is 0.00760. The Bertz CT molecular complexity index is 1080. The molecule has 0 spiro atoms. The number of carbonyl (C=O) groups excluding carboxylic acids is 2. The fraction of sp³-hybridized carbons (Fsp3) is 0.333. The SMILES string of the molecule is O=C1N=C(N2CCN(C(=O)c3cc(C(F)(F)F)cc(C(F)(F)F)c3)CC2)N=C2C=CC=CC12. The molecule has 0 saturated carbocycles. The Morgan fingerprint density at radius 3 is 2.06 bits per heavy atom. The van der Waals surface area contributed by atoms with Gasteiger partial charge in [-0.2, -0.15) is 31.3 Å². The van der Waals surface area contributed by atoms with Gasteiger partial charge in [0.05, 0.1) is 16.8 Å². The van der Waals surface area contributed by atoms with Crippen LogP contribution in [0.5, 0.6) is 0 Å². The van der Waals surface area contributed by atoms with E-state index in [1.54, 1.807) is 29.2 Å². The number of hydrogen-bond donors (Lipinski definition) is 0. The lowest BCUT2D eigenvalue weighted by Gasteiger charge is -2.36. The van der Waals surface area contributed by atoms with Gasteiger partial charge < -0.3 is 9.80 Å². The fourth-order valence-corrected chi connectivity index (χ4v) is 3.67. The number of aliphatic imine (C=N–C) groups is 2. The maximum Gasteiger partial charge on any atom is 0.416 e. The van der Waals surface area contributed by atoms with Crippen LogP contribution < -0.4 is 0 Å². The lowest BCUT2D eigenvalue weighted by Crippen LogP contribution is -2.51. The Morgan fingerprint density at radius 1 is 0.879 bits per heavy atom. The Kier molecular flexibility index (Phi) is 5.62. The van der Waals surface area contributed by atoms with Gasteiger partial charge in [-0.1, -0.05) is 18.2 Å². The quantitative estimate of drug-likeness (QED) is 0.590. The highest BCUT2D eigenvalue weighted by atomic mass is 19.4. The number of amides is 2. The Balaban J connectivity index is 1.50. The van der Waals surface area contributed by atoms with Crippen LogP contribution >= 0.6 is 0 Å². The standard InChI is InChI=1S/C21H16F6N4O2/c22-20(23,24)13-9-12(10-14(11-13)21(25,26)27)18(33)30-5-7-31(8-6-30)19-28-16-4-2-1-3-15(16)17(32)29-19/h1-4,9-11,15H,5-8H2. The summed E-state index contributed by atoms with van der Waals surface area (Å²) in [6.45, 7) is 0.329. The Morgan fingerprint density at radius 2 is 1.48 bits per heavy atom. The van der Waals surface area contributed by atoms with E-state index >= 15 is 0 Å². The van der Waals surface area contributed by atoms with Crippen LogP contribution in [0.1, 0.15) is 21.5 Å². The van der Waals surface area contributed by atoms with Crippen LogP contribution in [0.25, 0.3) is 0 Å². The fourth-order valence-electron chi connectivity index (χ4n) is 3.67. The molecule has 1 aromatic rings. The number of carbonyl (C=O) groups is 2. The summed E-state index contributed by atoms with van der Waals surface area (Å²) >= 11 is 0. The highest BCUT2D eigenvalue weighted by Gasteiger charge is 2.38. The number of allylic oxidation sites excluding steroid dienone is 3. The van der Waals surface area contributed by atoms with Crippen LogP contribution in [0, 0.1) is 5.92 Å².